The average Bonchev–Trinajstić information content (AvgIpc) is 2.42. The highest BCUT2D eigenvalue weighted by molar-refractivity contribution is 6.04. The fraction of sp³-hybridized carbons (Fsp3) is 0.0714. The largest absolute Gasteiger partial charge is 0.508 e. The van der Waals surface area contributed by atoms with Crippen LogP contribution < -0.4 is 5.32 Å². The van der Waals surface area contributed by atoms with Crippen LogP contribution in [-0.2, 0) is 0 Å². The zero-order valence-corrected chi connectivity index (χ0v) is 10.6. The molecule has 2 aromatic rings. The van der Waals surface area contributed by atoms with E-state index in [0.717, 1.165) is 0 Å². The lowest BCUT2D eigenvalue weighted by Gasteiger charge is -2.06. The number of carbonyl (C=O) groups is 2. The Bertz CT molecular complexity index is 665. The van der Waals surface area contributed by atoms with Crippen LogP contribution in [0, 0.1) is 6.92 Å². The molecule has 6 heteroatoms. The maximum Gasteiger partial charge on any atom is 0.337 e. The predicted octanol–water partition coefficient (Wildman–Crippen LogP) is 2.05. The van der Waals surface area contributed by atoms with Gasteiger partial charge in [0.25, 0.3) is 5.91 Å². The maximum atomic E-state index is 11.9. The molecule has 0 aliphatic carbocycles. The molecule has 0 spiro atoms. The minimum atomic E-state index is -1.08. The Morgan fingerprint density at radius 3 is 2.40 bits per heavy atom. The van der Waals surface area contributed by atoms with Gasteiger partial charge in [-0.15, -0.1) is 0 Å². The first-order valence-corrected chi connectivity index (χ1v) is 5.77. The summed E-state index contributed by atoms with van der Waals surface area (Å²) in [6.45, 7) is 1.69. The highest BCUT2D eigenvalue weighted by Crippen LogP contribution is 2.17. The van der Waals surface area contributed by atoms with Gasteiger partial charge in [0, 0.05) is 11.8 Å². The van der Waals surface area contributed by atoms with Gasteiger partial charge in [-0.25, -0.2) is 9.78 Å². The van der Waals surface area contributed by atoms with Crippen molar-refractivity contribution in [3.8, 4) is 5.75 Å². The fourth-order valence-electron chi connectivity index (χ4n) is 1.58. The number of pyridine rings is 1. The molecule has 1 heterocycles. The van der Waals surface area contributed by atoms with E-state index in [4.69, 9.17) is 5.11 Å². The number of hydrogen-bond donors (Lipinski definition) is 3. The summed E-state index contributed by atoms with van der Waals surface area (Å²) in [6, 6.07) is 7.24. The number of aryl methyl sites for hydroxylation is 1. The summed E-state index contributed by atoms with van der Waals surface area (Å²) in [5.41, 5.74) is 1.01. The Balaban J connectivity index is 2.14. The van der Waals surface area contributed by atoms with Crippen LogP contribution in [0.4, 0.5) is 5.82 Å². The van der Waals surface area contributed by atoms with Crippen LogP contribution >= 0.6 is 0 Å². The van der Waals surface area contributed by atoms with Gasteiger partial charge in [-0.1, -0.05) is 0 Å². The smallest absolute Gasteiger partial charge is 0.337 e. The lowest BCUT2D eigenvalue weighted by molar-refractivity contribution is 0.0696. The molecule has 0 saturated heterocycles. The van der Waals surface area contributed by atoms with Crippen LogP contribution in [0.15, 0.2) is 36.5 Å². The van der Waals surface area contributed by atoms with Gasteiger partial charge in [-0.3, -0.25) is 4.79 Å². The molecule has 1 aromatic heterocycles. The number of carboxylic acids is 1. The van der Waals surface area contributed by atoms with Crippen molar-refractivity contribution in [3.05, 3.63) is 53.2 Å². The highest BCUT2D eigenvalue weighted by atomic mass is 16.4. The number of carbonyl (C=O) groups excluding carboxylic acids is 1. The van der Waals surface area contributed by atoms with Crippen molar-refractivity contribution in [2.75, 3.05) is 5.32 Å². The van der Waals surface area contributed by atoms with Gasteiger partial charge >= 0.3 is 5.97 Å². The topological polar surface area (TPSA) is 99.5 Å². The van der Waals surface area contributed by atoms with E-state index in [2.05, 4.69) is 10.3 Å². The van der Waals surface area contributed by atoms with Crippen molar-refractivity contribution in [1.29, 1.82) is 0 Å². The third-order valence-corrected chi connectivity index (χ3v) is 2.71. The van der Waals surface area contributed by atoms with Crippen LogP contribution in [0.3, 0.4) is 0 Å². The van der Waals surface area contributed by atoms with E-state index in [9.17, 15) is 14.7 Å². The molecule has 0 aliphatic heterocycles. The molecule has 0 unspecified atom stereocenters. The van der Waals surface area contributed by atoms with Crippen molar-refractivity contribution in [2.45, 2.75) is 6.92 Å². The zero-order chi connectivity index (χ0) is 14.7. The number of amides is 1. The van der Waals surface area contributed by atoms with Crippen molar-refractivity contribution in [2.24, 2.45) is 0 Å². The maximum absolute atomic E-state index is 11.9. The highest BCUT2D eigenvalue weighted by Gasteiger charge is 2.09. The molecule has 3 N–H and O–H groups in total. The van der Waals surface area contributed by atoms with Crippen LogP contribution in [0.25, 0.3) is 0 Å². The lowest BCUT2D eigenvalue weighted by atomic mass is 10.1. The summed E-state index contributed by atoms with van der Waals surface area (Å²) >= 11 is 0. The Labute approximate surface area is 114 Å². The van der Waals surface area contributed by atoms with Gasteiger partial charge in [-0.05, 0) is 42.8 Å². The Hall–Kier alpha value is -2.89. The number of anilines is 1. The minimum absolute atomic E-state index is 0.0449. The van der Waals surface area contributed by atoms with Gasteiger partial charge in [0.1, 0.15) is 11.6 Å². The average molecular weight is 272 g/mol. The van der Waals surface area contributed by atoms with Crippen LogP contribution in [-0.4, -0.2) is 27.1 Å². The Morgan fingerprint density at radius 2 is 1.85 bits per heavy atom. The standard InChI is InChI=1S/C14H12N2O4/c1-8-6-9(2-4-11(8)17)13(18)16-12-5-3-10(7-15-12)14(19)20/h2-7,17H,1H3,(H,19,20)(H,15,16,18). The van der Waals surface area contributed by atoms with Gasteiger partial charge < -0.3 is 15.5 Å². The molecule has 1 amide bonds. The third kappa shape index (κ3) is 2.92. The first-order chi connectivity index (χ1) is 9.47. The van der Waals surface area contributed by atoms with E-state index in [1.807, 2.05) is 0 Å². The van der Waals surface area contributed by atoms with E-state index in [1.54, 1.807) is 13.0 Å². The number of carboxylic acid groups (broad SMARTS) is 1. The Kier molecular flexibility index (Phi) is 3.65. The molecule has 0 fully saturated rings. The molecule has 0 atom stereocenters. The molecule has 6 nitrogen and oxygen atoms in total. The van der Waals surface area contributed by atoms with Crippen LogP contribution in [0.2, 0.25) is 0 Å². The molecule has 20 heavy (non-hydrogen) atoms. The van der Waals surface area contributed by atoms with Crippen molar-refractivity contribution < 1.29 is 19.8 Å². The Morgan fingerprint density at radius 1 is 1.15 bits per heavy atom. The van der Waals surface area contributed by atoms with Crippen molar-refractivity contribution in [1.82, 2.24) is 4.98 Å². The number of benzene rings is 1. The van der Waals surface area contributed by atoms with Gasteiger partial charge in [-0.2, -0.15) is 0 Å². The monoisotopic (exact) mass is 272 g/mol. The van der Waals surface area contributed by atoms with Gasteiger partial charge in [0.05, 0.1) is 5.56 Å². The summed E-state index contributed by atoms with van der Waals surface area (Å²) < 4.78 is 0. The number of nitrogens with zero attached hydrogens (tertiary/aromatic N) is 1. The molecular weight excluding hydrogens is 260 g/mol. The predicted molar refractivity (Wildman–Crippen MR) is 72.0 cm³/mol. The first-order valence-electron chi connectivity index (χ1n) is 5.77. The van der Waals surface area contributed by atoms with E-state index < -0.39 is 5.97 Å². The molecule has 1 aromatic carbocycles. The molecule has 0 bridgehead atoms. The second kappa shape index (κ2) is 5.40. The molecule has 102 valence electrons. The number of nitrogens with one attached hydrogen (secondary N) is 1. The quantitative estimate of drug-likeness (QED) is 0.794. The number of hydrogen-bond acceptors (Lipinski definition) is 4. The summed E-state index contributed by atoms with van der Waals surface area (Å²) in [5.74, 6) is -1.09. The molecule has 0 aliphatic rings. The summed E-state index contributed by atoms with van der Waals surface area (Å²) in [5, 5.41) is 20.7. The zero-order valence-electron chi connectivity index (χ0n) is 10.6. The molecule has 0 saturated carbocycles. The summed E-state index contributed by atoms with van der Waals surface area (Å²) in [7, 11) is 0. The molecule has 2 rings (SSSR count). The van der Waals surface area contributed by atoms with E-state index in [0.29, 0.717) is 11.1 Å². The second-order valence-electron chi connectivity index (χ2n) is 4.19. The summed E-state index contributed by atoms with van der Waals surface area (Å²) in [4.78, 5) is 26.5. The van der Waals surface area contributed by atoms with E-state index in [1.165, 1.54) is 30.5 Å². The fourth-order valence-corrected chi connectivity index (χ4v) is 1.58. The summed E-state index contributed by atoms with van der Waals surface area (Å²) in [6.07, 6.45) is 1.17. The normalized spacial score (nSPS) is 10.1. The third-order valence-electron chi connectivity index (χ3n) is 2.71. The molecular formula is C14H12N2O4. The number of aromatic hydroxyl groups is 1. The number of rotatable bonds is 3. The number of phenols is 1. The second-order valence-corrected chi connectivity index (χ2v) is 4.19. The number of aromatic carboxylic acids is 1. The van der Waals surface area contributed by atoms with E-state index in [-0.39, 0.29) is 23.0 Å². The SMILES string of the molecule is Cc1cc(C(=O)Nc2ccc(C(=O)O)cn2)ccc1O. The lowest BCUT2D eigenvalue weighted by Crippen LogP contribution is -2.13. The number of aromatic nitrogens is 1. The molecule has 0 radical (unpaired) electrons. The van der Waals surface area contributed by atoms with Gasteiger partial charge in [0.15, 0.2) is 0 Å². The van der Waals surface area contributed by atoms with Crippen LogP contribution in [0.1, 0.15) is 26.3 Å². The van der Waals surface area contributed by atoms with E-state index >= 15 is 0 Å². The first kappa shape index (κ1) is 13.5. The van der Waals surface area contributed by atoms with Crippen molar-refractivity contribution >= 4 is 17.7 Å². The van der Waals surface area contributed by atoms with Crippen molar-refractivity contribution in [3.63, 3.8) is 0 Å². The number of phenolic OH excluding ortho intramolecular Hbond substituents is 1. The van der Waals surface area contributed by atoms with Gasteiger partial charge in [0.2, 0.25) is 0 Å². The minimum Gasteiger partial charge on any atom is -0.508 e. The van der Waals surface area contributed by atoms with Crippen LogP contribution in [0.5, 0.6) is 5.75 Å².